The van der Waals surface area contributed by atoms with Crippen molar-refractivity contribution in [3.05, 3.63) is 163 Å². The van der Waals surface area contributed by atoms with Crippen LogP contribution in [0, 0.1) is 0 Å². The maximum atomic E-state index is 4.88. The van der Waals surface area contributed by atoms with Gasteiger partial charge < -0.3 is 0 Å². The minimum atomic E-state index is -0.0819. The molecular weight excluding hydrogens is 567 g/mol. The molecule has 1 aliphatic carbocycles. The summed E-state index contributed by atoms with van der Waals surface area (Å²) in [6, 6.07) is 53.7. The van der Waals surface area contributed by atoms with Gasteiger partial charge in [0.1, 0.15) is 0 Å². The molecule has 1 heteroatoms. The third kappa shape index (κ3) is 3.63. The molecule has 10 rings (SSSR count). The largest absolute Gasteiger partial charge is 0.256 e. The molecule has 0 radical (unpaired) electrons. The fourth-order valence-corrected chi connectivity index (χ4v) is 8.58. The molecule has 8 aromatic carbocycles. The summed E-state index contributed by atoms with van der Waals surface area (Å²) >= 11 is 0. The monoisotopic (exact) mass is 597 g/mol. The van der Waals surface area contributed by atoms with Gasteiger partial charge in [0, 0.05) is 22.6 Å². The van der Waals surface area contributed by atoms with Gasteiger partial charge in [-0.25, -0.2) is 0 Å². The molecule has 1 aromatic heterocycles. The average Bonchev–Trinajstić information content (AvgIpc) is 3.37. The Morgan fingerprint density at radius 2 is 1.02 bits per heavy atom. The van der Waals surface area contributed by atoms with Gasteiger partial charge in [0.15, 0.2) is 0 Å². The molecule has 0 spiro atoms. The van der Waals surface area contributed by atoms with Crippen molar-refractivity contribution in [1.82, 2.24) is 4.98 Å². The highest BCUT2D eigenvalue weighted by Gasteiger charge is 2.37. The number of aromatic nitrogens is 1. The highest BCUT2D eigenvalue weighted by Crippen LogP contribution is 2.53. The molecule has 0 bridgehead atoms. The molecule has 0 amide bonds. The van der Waals surface area contributed by atoms with E-state index in [-0.39, 0.29) is 5.41 Å². The summed E-state index contributed by atoms with van der Waals surface area (Å²) in [5.41, 5.74) is 10.2. The van der Waals surface area contributed by atoms with Crippen molar-refractivity contribution in [1.29, 1.82) is 0 Å². The van der Waals surface area contributed by atoms with E-state index >= 15 is 0 Å². The number of nitrogens with zero attached hydrogens (tertiary/aromatic N) is 1. The van der Waals surface area contributed by atoms with Crippen LogP contribution in [0.25, 0.3) is 87.4 Å². The van der Waals surface area contributed by atoms with Crippen molar-refractivity contribution in [3.8, 4) is 33.5 Å². The van der Waals surface area contributed by atoms with E-state index in [2.05, 4.69) is 159 Å². The van der Waals surface area contributed by atoms with Gasteiger partial charge in [-0.3, -0.25) is 4.98 Å². The predicted octanol–water partition coefficient (Wildman–Crippen LogP) is 12.5. The molecular formula is C46H31N. The summed E-state index contributed by atoms with van der Waals surface area (Å²) in [4.78, 5) is 4.88. The van der Waals surface area contributed by atoms with E-state index in [1.165, 1.54) is 87.2 Å². The van der Waals surface area contributed by atoms with E-state index in [1.54, 1.807) is 0 Å². The van der Waals surface area contributed by atoms with E-state index in [1.807, 2.05) is 6.20 Å². The van der Waals surface area contributed by atoms with Crippen molar-refractivity contribution < 1.29 is 0 Å². The second-order valence-corrected chi connectivity index (χ2v) is 13.5. The molecule has 0 atom stereocenters. The zero-order valence-electron chi connectivity index (χ0n) is 26.4. The molecule has 47 heavy (non-hydrogen) atoms. The Morgan fingerprint density at radius 1 is 0.426 bits per heavy atom. The van der Waals surface area contributed by atoms with Gasteiger partial charge in [0.05, 0.1) is 5.69 Å². The molecule has 0 unspecified atom stereocenters. The first-order valence-corrected chi connectivity index (χ1v) is 16.5. The molecule has 220 valence electrons. The van der Waals surface area contributed by atoms with Crippen LogP contribution in [0.2, 0.25) is 0 Å². The van der Waals surface area contributed by atoms with Crippen molar-refractivity contribution in [2.75, 3.05) is 0 Å². The third-order valence-corrected chi connectivity index (χ3v) is 10.7. The Balaban J connectivity index is 1.23. The maximum Gasteiger partial charge on any atom is 0.0786 e. The standard InChI is InChI=1S/C46H31N/c1-46(2)42-18-10-9-16-36(42)39-23-22-38-35-20-19-29(27-41(35)34-15-7-8-17-37(34)43(38)44(39)46)30-21-24-40(33-14-6-5-13-32(30)33)45-31-12-4-3-11-28(31)25-26-47-45/h3-27H,1-2H3. The number of benzene rings is 8. The van der Waals surface area contributed by atoms with Gasteiger partial charge in [-0.15, -0.1) is 0 Å². The number of pyridine rings is 1. The lowest BCUT2D eigenvalue weighted by molar-refractivity contribution is 0.666. The topological polar surface area (TPSA) is 12.9 Å². The fraction of sp³-hybridized carbons (Fsp3) is 0.0652. The highest BCUT2D eigenvalue weighted by atomic mass is 14.7. The number of rotatable bonds is 2. The summed E-state index contributed by atoms with van der Waals surface area (Å²) < 4.78 is 0. The minimum Gasteiger partial charge on any atom is -0.256 e. The van der Waals surface area contributed by atoms with Crippen molar-refractivity contribution in [2.45, 2.75) is 19.3 Å². The lowest BCUT2D eigenvalue weighted by Crippen LogP contribution is -2.15. The minimum absolute atomic E-state index is 0.0819. The van der Waals surface area contributed by atoms with Gasteiger partial charge in [0.25, 0.3) is 0 Å². The van der Waals surface area contributed by atoms with E-state index in [0.29, 0.717) is 0 Å². The third-order valence-electron chi connectivity index (χ3n) is 10.7. The molecule has 1 aliphatic rings. The van der Waals surface area contributed by atoms with Gasteiger partial charge in [-0.1, -0.05) is 147 Å². The van der Waals surface area contributed by atoms with Crippen LogP contribution in [0.4, 0.5) is 0 Å². The Morgan fingerprint density at radius 3 is 1.87 bits per heavy atom. The van der Waals surface area contributed by atoms with Gasteiger partial charge in [0.2, 0.25) is 0 Å². The Labute approximate surface area is 273 Å². The Kier molecular flexibility index (Phi) is 5.40. The predicted molar refractivity (Wildman–Crippen MR) is 200 cm³/mol. The molecule has 1 heterocycles. The Hall–Kier alpha value is -5.79. The first kappa shape index (κ1) is 26.4. The van der Waals surface area contributed by atoms with Crippen LogP contribution < -0.4 is 0 Å². The summed E-state index contributed by atoms with van der Waals surface area (Å²) in [7, 11) is 0. The second-order valence-electron chi connectivity index (χ2n) is 13.5. The van der Waals surface area contributed by atoms with Gasteiger partial charge in [-0.2, -0.15) is 0 Å². The van der Waals surface area contributed by atoms with Gasteiger partial charge >= 0.3 is 0 Å². The summed E-state index contributed by atoms with van der Waals surface area (Å²) in [5.74, 6) is 0. The number of hydrogen-bond acceptors (Lipinski definition) is 1. The normalized spacial score (nSPS) is 13.5. The summed E-state index contributed by atoms with van der Waals surface area (Å²) in [6.07, 6.45) is 1.92. The summed E-state index contributed by atoms with van der Waals surface area (Å²) in [6.45, 7) is 4.78. The van der Waals surface area contributed by atoms with E-state index in [0.717, 1.165) is 11.3 Å². The SMILES string of the molecule is CC1(C)c2ccccc2-c2ccc3c4ccc(-c5ccc(-c6nccc7ccccc67)c6ccccc56)cc4c4ccccc4c3c21. The van der Waals surface area contributed by atoms with E-state index in [9.17, 15) is 0 Å². The van der Waals surface area contributed by atoms with Crippen LogP contribution in [0.3, 0.4) is 0 Å². The second kappa shape index (κ2) is 9.61. The van der Waals surface area contributed by atoms with Crippen LogP contribution in [0.1, 0.15) is 25.0 Å². The molecule has 1 nitrogen and oxygen atoms in total. The van der Waals surface area contributed by atoms with Crippen molar-refractivity contribution in [3.63, 3.8) is 0 Å². The molecule has 0 aliphatic heterocycles. The lowest BCUT2D eigenvalue weighted by atomic mass is 9.78. The van der Waals surface area contributed by atoms with E-state index in [4.69, 9.17) is 4.98 Å². The zero-order chi connectivity index (χ0) is 31.3. The quantitative estimate of drug-likeness (QED) is 0.181. The molecule has 0 N–H and O–H groups in total. The van der Waals surface area contributed by atoms with Gasteiger partial charge in [-0.05, 0) is 94.0 Å². The van der Waals surface area contributed by atoms with Crippen LogP contribution in [0.5, 0.6) is 0 Å². The number of fused-ring (bicyclic) bond motifs is 12. The lowest BCUT2D eigenvalue weighted by Gasteiger charge is -2.25. The van der Waals surface area contributed by atoms with E-state index < -0.39 is 0 Å². The molecule has 9 aromatic rings. The molecule has 0 fully saturated rings. The van der Waals surface area contributed by atoms with Crippen LogP contribution in [0.15, 0.2) is 152 Å². The highest BCUT2D eigenvalue weighted by molar-refractivity contribution is 6.28. The first-order valence-electron chi connectivity index (χ1n) is 16.5. The molecule has 0 saturated carbocycles. The summed E-state index contributed by atoms with van der Waals surface area (Å²) in [5, 5.41) is 12.8. The molecule has 0 saturated heterocycles. The van der Waals surface area contributed by atoms with Crippen molar-refractivity contribution >= 4 is 53.9 Å². The fourth-order valence-electron chi connectivity index (χ4n) is 8.58. The smallest absolute Gasteiger partial charge is 0.0786 e. The average molecular weight is 598 g/mol. The Bertz CT molecular complexity index is 2740. The van der Waals surface area contributed by atoms with Crippen LogP contribution >= 0.6 is 0 Å². The number of hydrogen-bond donors (Lipinski definition) is 0. The maximum absolute atomic E-state index is 4.88. The first-order chi connectivity index (χ1) is 23.1. The van der Waals surface area contributed by atoms with Crippen LogP contribution in [-0.2, 0) is 5.41 Å². The van der Waals surface area contributed by atoms with Crippen molar-refractivity contribution in [2.24, 2.45) is 0 Å². The zero-order valence-corrected chi connectivity index (χ0v) is 26.4. The van der Waals surface area contributed by atoms with Crippen LogP contribution in [-0.4, -0.2) is 4.98 Å².